The SMILES string of the molecule is CC/C=C\C/C=C\C/C=C\C/C=C\CCCCCCCCC(=O)OC(COC(=O)CCCCCCCCCCCCCCCCCCCCCCCCCCCCCCCCCCCCCCCCCCC)COP(=O)([O-])OCC[N+](C)(C)C. The normalized spacial score (nSPS) is 13.4. The number of likely N-dealkylation sites (N-methyl/N-ethyl adjacent to an activating group) is 1. The van der Waals surface area contributed by atoms with Crippen molar-refractivity contribution in [3.63, 3.8) is 0 Å². The van der Waals surface area contributed by atoms with Gasteiger partial charge in [-0.3, -0.25) is 14.2 Å². The number of carbonyl (C=O) groups is 2. The second-order valence-corrected chi connectivity index (χ2v) is 27.3. The van der Waals surface area contributed by atoms with E-state index in [4.69, 9.17) is 18.5 Å². The lowest BCUT2D eigenvalue weighted by Gasteiger charge is -2.28. The van der Waals surface area contributed by atoms with Crippen LogP contribution in [0.5, 0.6) is 0 Å². The summed E-state index contributed by atoms with van der Waals surface area (Å²) >= 11 is 0. The molecule has 0 radical (unpaired) electrons. The van der Waals surface area contributed by atoms with Gasteiger partial charge in [0.1, 0.15) is 19.8 Å². The summed E-state index contributed by atoms with van der Waals surface area (Å²) in [6.07, 6.45) is 85.2. The van der Waals surface area contributed by atoms with Crippen LogP contribution in [0, 0.1) is 0 Å². The monoisotopic (exact) mass is 1200 g/mol. The average Bonchev–Trinajstić information content (AvgIpc) is 3.61. The smallest absolute Gasteiger partial charge is 0.306 e. The van der Waals surface area contributed by atoms with Crippen molar-refractivity contribution in [2.24, 2.45) is 0 Å². The molecule has 0 aromatic carbocycles. The van der Waals surface area contributed by atoms with Gasteiger partial charge in [-0.1, -0.05) is 345 Å². The maximum atomic E-state index is 12.8. The van der Waals surface area contributed by atoms with E-state index in [0.717, 1.165) is 83.5 Å². The first-order chi connectivity index (χ1) is 41.0. The number of rotatable bonds is 68. The van der Waals surface area contributed by atoms with Gasteiger partial charge in [-0.2, -0.15) is 0 Å². The Balaban J connectivity index is 3.85. The van der Waals surface area contributed by atoms with Crippen LogP contribution in [-0.2, 0) is 32.7 Å². The number of allylic oxidation sites excluding steroid dienone is 8. The van der Waals surface area contributed by atoms with Crippen LogP contribution in [0.15, 0.2) is 48.6 Å². The van der Waals surface area contributed by atoms with Crippen molar-refractivity contribution in [1.29, 1.82) is 0 Å². The Bertz CT molecular complexity index is 1560. The first-order valence-corrected chi connectivity index (χ1v) is 37.8. The molecule has 0 aromatic heterocycles. The molecule has 0 spiro atoms. The van der Waals surface area contributed by atoms with Crippen LogP contribution in [0.1, 0.15) is 361 Å². The summed E-state index contributed by atoms with van der Waals surface area (Å²) in [5, 5.41) is 0. The number of ether oxygens (including phenoxy) is 2. The van der Waals surface area contributed by atoms with Crippen molar-refractivity contribution in [3.05, 3.63) is 48.6 Å². The van der Waals surface area contributed by atoms with Crippen molar-refractivity contribution in [3.8, 4) is 0 Å². The van der Waals surface area contributed by atoms with E-state index >= 15 is 0 Å². The Kier molecular flexibility index (Phi) is 63.8. The van der Waals surface area contributed by atoms with E-state index in [1.807, 2.05) is 21.1 Å². The summed E-state index contributed by atoms with van der Waals surface area (Å²) in [6.45, 7) is 4.16. The molecule has 84 heavy (non-hydrogen) atoms. The van der Waals surface area contributed by atoms with Crippen LogP contribution >= 0.6 is 7.82 Å². The van der Waals surface area contributed by atoms with Gasteiger partial charge >= 0.3 is 11.9 Å². The number of phosphoric acid groups is 1. The number of esters is 2. The van der Waals surface area contributed by atoms with E-state index in [2.05, 4.69) is 62.5 Å². The second-order valence-electron chi connectivity index (χ2n) is 25.9. The lowest BCUT2D eigenvalue weighted by molar-refractivity contribution is -0.870. The van der Waals surface area contributed by atoms with Gasteiger partial charge < -0.3 is 27.9 Å². The van der Waals surface area contributed by atoms with Gasteiger partial charge in [0, 0.05) is 12.8 Å². The Morgan fingerprint density at radius 1 is 0.381 bits per heavy atom. The molecule has 9 nitrogen and oxygen atoms in total. The second kappa shape index (κ2) is 65.4. The first kappa shape index (κ1) is 82.0. The molecule has 0 aliphatic heterocycles. The summed E-state index contributed by atoms with van der Waals surface area (Å²) in [6, 6.07) is 0. The first-order valence-electron chi connectivity index (χ1n) is 36.3. The number of quaternary nitrogens is 1. The lowest BCUT2D eigenvalue weighted by atomic mass is 10.0. The summed E-state index contributed by atoms with van der Waals surface area (Å²) in [7, 11) is 1.17. The van der Waals surface area contributed by atoms with Crippen LogP contribution in [-0.4, -0.2) is 70.0 Å². The third-order valence-electron chi connectivity index (χ3n) is 16.4. The number of phosphoric ester groups is 1. The van der Waals surface area contributed by atoms with E-state index in [0.29, 0.717) is 17.4 Å². The van der Waals surface area contributed by atoms with Crippen LogP contribution < -0.4 is 4.89 Å². The Morgan fingerprint density at radius 3 is 1.01 bits per heavy atom. The van der Waals surface area contributed by atoms with Crippen LogP contribution in [0.2, 0.25) is 0 Å². The highest BCUT2D eigenvalue weighted by Gasteiger charge is 2.22. The summed E-state index contributed by atoms with van der Waals surface area (Å²) in [5.74, 6) is -0.836. The molecule has 0 saturated carbocycles. The Morgan fingerprint density at radius 2 is 0.679 bits per heavy atom. The molecule has 0 bridgehead atoms. The molecular weight excluding hydrogens is 1060 g/mol. The average molecular weight is 1200 g/mol. The van der Waals surface area contributed by atoms with Crippen molar-refractivity contribution < 1.29 is 42.1 Å². The molecule has 0 rings (SSSR count). The molecule has 0 aliphatic carbocycles. The van der Waals surface area contributed by atoms with Crippen molar-refractivity contribution in [2.45, 2.75) is 367 Å². The molecular formula is C74H140NO8P. The molecule has 0 heterocycles. The summed E-state index contributed by atoms with van der Waals surface area (Å²) in [5.41, 5.74) is 0. The topological polar surface area (TPSA) is 111 Å². The molecule has 0 N–H and O–H groups in total. The molecule has 0 saturated heterocycles. The number of hydrogen-bond donors (Lipinski definition) is 0. The lowest BCUT2D eigenvalue weighted by Crippen LogP contribution is -2.37. The molecule has 2 unspecified atom stereocenters. The molecule has 2 atom stereocenters. The van der Waals surface area contributed by atoms with E-state index in [1.165, 1.54) is 244 Å². The van der Waals surface area contributed by atoms with Gasteiger partial charge in [0.25, 0.3) is 7.82 Å². The van der Waals surface area contributed by atoms with E-state index in [1.54, 1.807) is 0 Å². The molecule has 494 valence electrons. The van der Waals surface area contributed by atoms with Crippen molar-refractivity contribution in [2.75, 3.05) is 47.5 Å². The zero-order valence-electron chi connectivity index (χ0n) is 56.4. The highest BCUT2D eigenvalue weighted by Crippen LogP contribution is 2.38. The maximum Gasteiger partial charge on any atom is 0.306 e. The molecule has 0 fully saturated rings. The fourth-order valence-electron chi connectivity index (χ4n) is 10.8. The largest absolute Gasteiger partial charge is 0.756 e. The fourth-order valence-corrected chi connectivity index (χ4v) is 11.6. The van der Waals surface area contributed by atoms with Gasteiger partial charge in [-0.25, -0.2) is 0 Å². The Hall–Kier alpha value is -2.03. The van der Waals surface area contributed by atoms with Crippen LogP contribution in [0.3, 0.4) is 0 Å². The number of hydrogen-bond acceptors (Lipinski definition) is 8. The Labute approximate surface area is 522 Å². The van der Waals surface area contributed by atoms with Gasteiger partial charge in [-0.05, 0) is 51.4 Å². The van der Waals surface area contributed by atoms with Crippen molar-refractivity contribution in [1.82, 2.24) is 0 Å². The molecule has 10 heteroatoms. The van der Waals surface area contributed by atoms with Gasteiger partial charge in [-0.15, -0.1) is 0 Å². The quantitative estimate of drug-likeness (QED) is 0.0195. The van der Waals surface area contributed by atoms with E-state index in [-0.39, 0.29) is 32.0 Å². The predicted molar refractivity (Wildman–Crippen MR) is 360 cm³/mol. The minimum atomic E-state index is -4.64. The standard InChI is InChI=1S/C74H140NO8P/c1-6-8-10-12-14-16-18-20-22-24-26-27-28-29-30-31-32-33-34-35-36-37-38-39-40-41-42-43-44-45-46-47-49-50-52-54-56-58-60-62-64-66-73(76)80-70-72(71-82-84(78,79)81-69-68-75(3,4)5)83-74(77)67-65-63-61-59-57-55-53-51-48-25-23-21-19-17-15-13-11-9-7-2/h9,11,15,17,21,23,48,51,72H,6-8,10,12-14,16,18-20,22,24-47,49-50,52-71H2,1-5H3/b11-9-,17-15-,23-21-,51-48-. The predicted octanol–water partition coefficient (Wildman–Crippen LogP) is 23.0. The molecule has 0 amide bonds. The highest BCUT2D eigenvalue weighted by molar-refractivity contribution is 7.45. The van der Waals surface area contributed by atoms with Crippen LogP contribution in [0.4, 0.5) is 0 Å². The van der Waals surface area contributed by atoms with E-state index < -0.39 is 26.5 Å². The summed E-state index contributed by atoms with van der Waals surface area (Å²) < 4.78 is 34.3. The van der Waals surface area contributed by atoms with Gasteiger partial charge in [0.15, 0.2) is 6.10 Å². The summed E-state index contributed by atoms with van der Waals surface area (Å²) in [4.78, 5) is 38.0. The fraction of sp³-hybridized carbons (Fsp3) is 0.865. The van der Waals surface area contributed by atoms with E-state index in [9.17, 15) is 19.0 Å². The molecule has 0 aliphatic rings. The zero-order chi connectivity index (χ0) is 61.2. The third kappa shape index (κ3) is 69.1. The minimum absolute atomic E-state index is 0.0338. The van der Waals surface area contributed by atoms with Crippen LogP contribution in [0.25, 0.3) is 0 Å². The number of nitrogens with zero attached hydrogens (tertiary/aromatic N) is 1. The minimum Gasteiger partial charge on any atom is -0.756 e. The highest BCUT2D eigenvalue weighted by atomic mass is 31.2. The van der Waals surface area contributed by atoms with Gasteiger partial charge in [0.05, 0.1) is 27.7 Å². The maximum absolute atomic E-state index is 12.8. The van der Waals surface area contributed by atoms with Gasteiger partial charge in [0.2, 0.25) is 0 Å². The number of carbonyl (C=O) groups excluding carboxylic acids is 2. The molecule has 0 aromatic rings. The van der Waals surface area contributed by atoms with Crippen molar-refractivity contribution >= 4 is 19.8 Å². The number of unbranched alkanes of at least 4 members (excludes halogenated alkanes) is 46. The zero-order valence-corrected chi connectivity index (χ0v) is 57.3. The third-order valence-corrected chi connectivity index (χ3v) is 17.3.